The van der Waals surface area contributed by atoms with Crippen molar-refractivity contribution in [3.8, 4) is 5.69 Å². The van der Waals surface area contributed by atoms with Gasteiger partial charge in [-0.05, 0) is 51.1 Å². The maximum atomic E-state index is 12.7. The first kappa shape index (κ1) is 24.8. The fourth-order valence-corrected chi connectivity index (χ4v) is 3.12. The second-order valence-corrected chi connectivity index (χ2v) is 8.63. The van der Waals surface area contributed by atoms with Crippen LogP contribution in [0.4, 0.5) is 0 Å². The maximum absolute atomic E-state index is 12.7. The van der Waals surface area contributed by atoms with Gasteiger partial charge in [0, 0.05) is 28.1 Å². The number of aromatic nitrogens is 1. The molecule has 1 atom stereocenters. The highest BCUT2D eigenvalue weighted by Gasteiger charge is 2.26. The van der Waals surface area contributed by atoms with Gasteiger partial charge in [-0.1, -0.05) is 20.8 Å². The molecule has 0 aliphatic heterocycles. The summed E-state index contributed by atoms with van der Waals surface area (Å²) in [6.45, 7) is 9.95. The van der Waals surface area contributed by atoms with Crippen molar-refractivity contribution >= 4 is 23.6 Å². The summed E-state index contributed by atoms with van der Waals surface area (Å²) in [6.07, 6.45) is 0. The average Bonchev–Trinajstić information content (AvgIpc) is 3.04. The second-order valence-electron chi connectivity index (χ2n) is 8.63. The van der Waals surface area contributed by atoms with Crippen LogP contribution in [0.3, 0.4) is 0 Å². The number of nitrogens with zero attached hydrogens (tertiary/aromatic N) is 1. The zero-order chi connectivity index (χ0) is 24.2. The van der Waals surface area contributed by atoms with E-state index in [1.54, 1.807) is 58.0 Å². The van der Waals surface area contributed by atoms with Gasteiger partial charge in [0.05, 0.1) is 12.7 Å². The number of benzene rings is 1. The Kier molecular flexibility index (Phi) is 7.61. The Morgan fingerprint density at radius 3 is 2.19 bits per heavy atom. The number of Topliss-reactive ketones (excluding diaryl/α,β-unsaturated/α-hetero) is 1. The number of aryl methyl sites for hydroxylation is 1. The minimum absolute atomic E-state index is 0.282. The van der Waals surface area contributed by atoms with E-state index in [9.17, 15) is 19.2 Å². The van der Waals surface area contributed by atoms with Crippen LogP contribution in [0.25, 0.3) is 5.69 Å². The first-order chi connectivity index (χ1) is 14.9. The molecule has 1 aromatic heterocycles. The van der Waals surface area contributed by atoms with Crippen LogP contribution in [0.5, 0.6) is 0 Å². The van der Waals surface area contributed by atoms with Gasteiger partial charge < -0.3 is 19.4 Å². The molecular weight excluding hydrogens is 412 g/mol. The topological polar surface area (TPSA) is 104 Å². The van der Waals surface area contributed by atoms with Crippen LogP contribution in [0.1, 0.15) is 59.8 Å². The number of esters is 2. The Labute approximate surface area is 187 Å². The van der Waals surface area contributed by atoms with E-state index in [0.29, 0.717) is 16.8 Å². The van der Waals surface area contributed by atoms with Crippen molar-refractivity contribution in [2.75, 3.05) is 13.7 Å². The van der Waals surface area contributed by atoms with Gasteiger partial charge in [-0.3, -0.25) is 9.59 Å². The molecule has 1 unspecified atom stereocenters. The molecule has 2 rings (SSSR count). The number of ketones is 1. The summed E-state index contributed by atoms with van der Waals surface area (Å²) >= 11 is 0. The van der Waals surface area contributed by atoms with Gasteiger partial charge in [-0.2, -0.15) is 0 Å². The minimum Gasteiger partial charge on any atom is -0.465 e. The molecule has 8 heteroatoms. The molecule has 1 aromatic carbocycles. The summed E-state index contributed by atoms with van der Waals surface area (Å²) in [5, 5.41) is 2.58. The van der Waals surface area contributed by atoms with Crippen molar-refractivity contribution in [1.82, 2.24) is 9.88 Å². The number of ether oxygens (including phenoxy) is 2. The highest BCUT2D eigenvalue weighted by molar-refractivity contribution is 6.00. The van der Waals surface area contributed by atoms with E-state index in [2.05, 4.69) is 5.32 Å². The molecule has 32 heavy (non-hydrogen) atoms. The van der Waals surface area contributed by atoms with Crippen molar-refractivity contribution in [2.45, 2.75) is 47.6 Å². The summed E-state index contributed by atoms with van der Waals surface area (Å²) in [5.74, 6) is -1.74. The second kappa shape index (κ2) is 9.80. The van der Waals surface area contributed by atoms with E-state index >= 15 is 0 Å². The SMILES string of the molecule is COC(=O)c1ccc(-n2c(C)cc(C(=O)COC(=O)C(C)NC(=O)C(C)(C)C)c2C)cc1. The summed E-state index contributed by atoms with van der Waals surface area (Å²) in [7, 11) is 1.32. The highest BCUT2D eigenvalue weighted by atomic mass is 16.5. The van der Waals surface area contributed by atoms with E-state index in [-0.39, 0.29) is 11.7 Å². The predicted molar refractivity (Wildman–Crippen MR) is 119 cm³/mol. The normalized spacial score (nSPS) is 12.1. The standard InChI is InChI=1S/C24H30N2O6/c1-14-12-19(16(3)26(14)18-10-8-17(9-11-18)22(29)31-7)20(27)13-32-21(28)15(2)25-23(30)24(4,5)6/h8-12,15H,13H2,1-7H3,(H,25,30). The third kappa shape index (κ3) is 5.63. The molecule has 0 spiro atoms. The lowest BCUT2D eigenvalue weighted by molar-refractivity contribution is -0.147. The Bertz CT molecular complexity index is 1030. The molecule has 2 aromatic rings. The van der Waals surface area contributed by atoms with Crippen molar-refractivity contribution in [3.05, 3.63) is 52.8 Å². The summed E-state index contributed by atoms with van der Waals surface area (Å²) < 4.78 is 11.7. The van der Waals surface area contributed by atoms with Gasteiger partial charge in [0.25, 0.3) is 0 Å². The van der Waals surface area contributed by atoms with Crippen molar-refractivity contribution in [3.63, 3.8) is 0 Å². The quantitative estimate of drug-likeness (QED) is 0.522. The molecule has 1 N–H and O–H groups in total. The summed E-state index contributed by atoms with van der Waals surface area (Å²) in [6, 6.07) is 7.69. The smallest absolute Gasteiger partial charge is 0.337 e. The largest absolute Gasteiger partial charge is 0.465 e. The third-order valence-electron chi connectivity index (χ3n) is 5.01. The van der Waals surface area contributed by atoms with Gasteiger partial charge in [-0.25, -0.2) is 9.59 Å². The van der Waals surface area contributed by atoms with Gasteiger partial charge >= 0.3 is 11.9 Å². The van der Waals surface area contributed by atoms with Crippen LogP contribution >= 0.6 is 0 Å². The average molecular weight is 443 g/mol. The maximum Gasteiger partial charge on any atom is 0.337 e. The monoisotopic (exact) mass is 442 g/mol. The Balaban J connectivity index is 2.10. The Morgan fingerprint density at radius 2 is 1.66 bits per heavy atom. The molecule has 1 amide bonds. The summed E-state index contributed by atoms with van der Waals surface area (Å²) in [5.41, 5.74) is 2.49. The third-order valence-corrected chi connectivity index (χ3v) is 5.01. The number of carbonyl (C=O) groups excluding carboxylic acids is 4. The van der Waals surface area contributed by atoms with E-state index in [0.717, 1.165) is 11.4 Å². The van der Waals surface area contributed by atoms with Gasteiger partial charge in [-0.15, -0.1) is 0 Å². The molecule has 0 aliphatic rings. The number of rotatable bonds is 7. The first-order valence-electron chi connectivity index (χ1n) is 10.2. The van der Waals surface area contributed by atoms with Gasteiger partial charge in [0.15, 0.2) is 6.61 Å². The molecule has 0 fully saturated rings. The fraction of sp³-hybridized carbons (Fsp3) is 0.417. The zero-order valence-corrected chi connectivity index (χ0v) is 19.6. The number of amides is 1. The van der Waals surface area contributed by atoms with E-state index < -0.39 is 30.0 Å². The van der Waals surface area contributed by atoms with Gasteiger partial charge in [0.1, 0.15) is 6.04 Å². The number of nitrogens with one attached hydrogen (secondary N) is 1. The summed E-state index contributed by atoms with van der Waals surface area (Å²) in [4.78, 5) is 48.6. The van der Waals surface area contributed by atoms with E-state index in [1.807, 2.05) is 11.5 Å². The van der Waals surface area contributed by atoms with Crippen LogP contribution in [0.15, 0.2) is 30.3 Å². The zero-order valence-electron chi connectivity index (χ0n) is 19.6. The number of hydrogen-bond donors (Lipinski definition) is 1. The van der Waals surface area contributed by atoms with Crippen molar-refractivity contribution < 1.29 is 28.7 Å². The van der Waals surface area contributed by atoms with E-state index in [4.69, 9.17) is 9.47 Å². The lowest BCUT2D eigenvalue weighted by Gasteiger charge is -2.20. The Hall–Kier alpha value is -3.42. The number of carbonyl (C=O) groups is 4. The Morgan fingerprint density at radius 1 is 1.06 bits per heavy atom. The number of methoxy groups -OCH3 is 1. The van der Waals surface area contributed by atoms with Gasteiger partial charge in [0.2, 0.25) is 11.7 Å². The fourth-order valence-electron chi connectivity index (χ4n) is 3.12. The molecule has 8 nitrogen and oxygen atoms in total. The van der Waals surface area contributed by atoms with Crippen LogP contribution in [-0.4, -0.2) is 48.0 Å². The molecule has 0 saturated carbocycles. The molecule has 0 aliphatic carbocycles. The molecule has 0 radical (unpaired) electrons. The lowest BCUT2D eigenvalue weighted by atomic mass is 9.95. The molecule has 0 saturated heterocycles. The van der Waals surface area contributed by atoms with Crippen molar-refractivity contribution in [1.29, 1.82) is 0 Å². The molecular formula is C24H30N2O6. The number of hydrogen-bond acceptors (Lipinski definition) is 6. The first-order valence-corrected chi connectivity index (χ1v) is 10.2. The molecule has 1 heterocycles. The van der Waals surface area contributed by atoms with Crippen molar-refractivity contribution in [2.24, 2.45) is 5.41 Å². The van der Waals surface area contributed by atoms with Crippen LogP contribution in [0, 0.1) is 19.3 Å². The lowest BCUT2D eigenvalue weighted by Crippen LogP contribution is -2.45. The van der Waals surface area contributed by atoms with Crippen LogP contribution in [-0.2, 0) is 19.1 Å². The predicted octanol–water partition coefficient (Wildman–Crippen LogP) is 3.16. The minimum atomic E-state index is -0.865. The highest BCUT2D eigenvalue weighted by Crippen LogP contribution is 2.22. The molecule has 0 bridgehead atoms. The van der Waals surface area contributed by atoms with Crippen LogP contribution in [0.2, 0.25) is 0 Å². The van der Waals surface area contributed by atoms with E-state index in [1.165, 1.54) is 14.0 Å². The molecule has 172 valence electrons. The van der Waals surface area contributed by atoms with Crippen LogP contribution < -0.4 is 5.32 Å².